The van der Waals surface area contributed by atoms with Gasteiger partial charge in [-0.15, -0.1) is 0 Å². The van der Waals surface area contributed by atoms with Crippen molar-refractivity contribution in [2.45, 2.75) is 80.4 Å². The molecule has 0 spiro atoms. The van der Waals surface area contributed by atoms with Gasteiger partial charge >= 0.3 is 5.63 Å². The number of hydrogen-bond acceptors (Lipinski definition) is 14. The van der Waals surface area contributed by atoms with E-state index >= 15 is 0 Å². The highest BCUT2D eigenvalue weighted by Crippen LogP contribution is 2.45. The Labute approximate surface area is 221 Å². The molecule has 0 radical (unpaired) electrons. The maximum atomic E-state index is 11.8. The first-order valence-electron chi connectivity index (χ1n) is 12.4. The van der Waals surface area contributed by atoms with Crippen LogP contribution < -0.4 is 10.4 Å². The second kappa shape index (κ2) is 10.3. The molecule has 0 bridgehead atoms. The molecule has 5 rings (SSSR count). The molecule has 1 unspecified atom stereocenters. The van der Waals surface area contributed by atoms with Gasteiger partial charge in [0.25, 0.3) is 0 Å². The van der Waals surface area contributed by atoms with E-state index in [0.717, 1.165) is 0 Å². The quantitative estimate of drug-likeness (QED) is 0.178. The third-order valence-electron chi connectivity index (χ3n) is 7.40. The summed E-state index contributed by atoms with van der Waals surface area (Å²) >= 11 is 0. The van der Waals surface area contributed by atoms with Crippen LogP contribution in [0.25, 0.3) is 11.0 Å². The van der Waals surface area contributed by atoms with Crippen molar-refractivity contribution >= 4 is 11.0 Å². The van der Waals surface area contributed by atoms with Gasteiger partial charge in [-0.3, -0.25) is 0 Å². The summed E-state index contributed by atoms with van der Waals surface area (Å²) in [5, 5.41) is 72.8. The molecule has 0 saturated carbocycles. The fourth-order valence-corrected chi connectivity index (χ4v) is 5.04. The molecule has 2 aromatic rings. The third kappa shape index (κ3) is 4.96. The molecule has 10 atom stereocenters. The van der Waals surface area contributed by atoms with E-state index in [1.165, 1.54) is 6.07 Å². The molecule has 0 amide bonds. The number of rotatable bonds is 7. The second-order valence-electron chi connectivity index (χ2n) is 10.6. The summed E-state index contributed by atoms with van der Waals surface area (Å²) in [4.78, 5) is 11.8. The summed E-state index contributed by atoms with van der Waals surface area (Å²) in [7, 11) is 0. The lowest BCUT2D eigenvalue weighted by Crippen LogP contribution is -2.62. The number of benzene rings is 1. The SMILES string of the molecule is CC(C)(O[C@@H]1O[C@H](CO[C@@H]2OC[C@](O)(CO)[C@H]2O)[C@@H](O)[C@H](O)[C@H]1O)C1Oc2ccc3ccc(=O)oc3c2[C@H]1O. The maximum Gasteiger partial charge on any atom is 0.336 e. The minimum atomic E-state index is -1.92. The molecule has 1 aromatic heterocycles. The van der Waals surface area contributed by atoms with Crippen LogP contribution in [0.1, 0.15) is 25.5 Å². The molecule has 216 valence electrons. The Hall–Kier alpha value is -2.21. The molecule has 14 nitrogen and oxygen atoms in total. The molecular weight excluding hydrogens is 524 g/mol. The van der Waals surface area contributed by atoms with Gasteiger partial charge in [-0.2, -0.15) is 0 Å². The lowest BCUT2D eigenvalue weighted by Gasteiger charge is -2.44. The van der Waals surface area contributed by atoms with Gasteiger partial charge in [0, 0.05) is 11.5 Å². The molecule has 7 N–H and O–H groups in total. The van der Waals surface area contributed by atoms with E-state index in [0.29, 0.717) is 5.39 Å². The van der Waals surface area contributed by atoms with Gasteiger partial charge in [0.05, 0.1) is 25.4 Å². The predicted octanol–water partition coefficient (Wildman–Crippen LogP) is -2.35. The molecular formula is C25H32O14. The van der Waals surface area contributed by atoms with Crippen molar-refractivity contribution in [2.75, 3.05) is 19.8 Å². The van der Waals surface area contributed by atoms with Gasteiger partial charge in [-0.1, -0.05) is 0 Å². The van der Waals surface area contributed by atoms with Crippen LogP contribution in [0.5, 0.6) is 5.75 Å². The fourth-order valence-electron chi connectivity index (χ4n) is 5.04. The van der Waals surface area contributed by atoms with Gasteiger partial charge in [-0.25, -0.2) is 4.79 Å². The van der Waals surface area contributed by atoms with Crippen molar-refractivity contribution in [1.29, 1.82) is 0 Å². The maximum absolute atomic E-state index is 11.8. The summed E-state index contributed by atoms with van der Waals surface area (Å²) in [6, 6.07) is 6.11. The van der Waals surface area contributed by atoms with Crippen LogP contribution in [0.3, 0.4) is 0 Å². The van der Waals surface area contributed by atoms with Crippen molar-refractivity contribution in [3.8, 4) is 5.75 Å². The predicted molar refractivity (Wildman–Crippen MR) is 127 cm³/mol. The standard InChI is InChI=1S/C25H32O14/c1-24(2,21-16(29)14-11(36-21)5-3-10-4-6-13(27)38-19(10)14)39-22-18(31)17(30)15(28)12(37-22)7-34-23-20(32)25(33,8-26)9-35-23/h3-6,12,15-18,20-23,26,28-33H,7-9H2,1-2H3/t12-,15-,16-,17+,18-,20+,21?,22+,23-,25-/m1/s1. The van der Waals surface area contributed by atoms with E-state index in [1.807, 2.05) is 0 Å². The Kier molecular flexibility index (Phi) is 7.49. The van der Waals surface area contributed by atoms with Gasteiger partial charge in [-0.05, 0) is 32.0 Å². The molecule has 3 aliphatic heterocycles. The lowest BCUT2D eigenvalue weighted by molar-refractivity contribution is -0.337. The van der Waals surface area contributed by atoms with Crippen molar-refractivity contribution in [3.63, 3.8) is 0 Å². The van der Waals surface area contributed by atoms with Crippen LogP contribution in [0.15, 0.2) is 33.5 Å². The van der Waals surface area contributed by atoms with E-state index in [9.17, 15) is 40.5 Å². The average Bonchev–Trinajstić information content (AvgIpc) is 3.40. The normalized spacial score (nSPS) is 38.6. The summed E-state index contributed by atoms with van der Waals surface area (Å²) in [5.41, 5.74) is -3.47. The van der Waals surface area contributed by atoms with Crippen LogP contribution in [0, 0.1) is 0 Å². The van der Waals surface area contributed by atoms with Crippen LogP contribution >= 0.6 is 0 Å². The van der Waals surface area contributed by atoms with Gasteiger partial charge in [0.15, 0.2) is 18.7 Å². The Balaban J connectivity index is 1.29. The minimum absolute atomic E-state index is 0.167. The van der Waals surface area contributed by atoms with Gasteiger partial charge < -0.3 is 63.8 Å². The number of ether oxygens (including phenoxy) is 5. The van der Waals surface area contributed by atoms with Crippen LogP contribution in [-0.4, -0.2) is 116 Å². The summed E-state index contributed by atoms with van der Waals surface area (Å²) in [6.45, 7) is 1.50. The zero-order valence-electron chi connectivity index (χ0n) is 21.1. The minimum Gasteiger partial charge on any atom is -0.484 e. The van der Waals surface area contributed by atoms with E-state index in [2.05, 4.69) is 0 Å². The highest BCUT2D eigenvalue weighted by Gasteiger charge is 2.52. The Morgan fingerprint density at radius 2 is 1.74 bits per heavy atom. The Morgan fingerprint density at radius 1 is 1.03 bits per heavy atom. The molecule has 4 heterocycles. The molecule has 1 aromatic carbocycles. The lowest BCUT2D eigenvalue weighted by atomic mass is 9.92. The first kappa shape index (κ1) is 28.3. The van der Waals surface area contributed by atoms with Crippen molar-refractivity contribution < 1.29 is 63.8 Å². The van der Waals surface area contributed by atoms with Crippen LogP contribution in [0.4, 0.5) is 0 Å². The van der Waals surface area contributed by atoms with Crippen LogP contribution in [0.2, 0.25) is 0 Å². The van der Waals surface area contributed by atoms with E-state index in [4.69, 9.17) is 28.1 Å². The monoisotopic (exact) mass is 556 g/mol. The van der Waals surface area contributed by atoms with Crippen molar-refractivity contribution in [2.24, 2.45) is 0 Å². The molecule has 2 fully saturated rings. The molecule has 14 heteroatoms. The first-order valence-corrected chi connectivity index (χ1v) is 12.4. The molecule has 3 aliphatic rings. The van der Waals surface area contributed by atoms with E-state index < -0.39 is 92.0 Å². The Morgan fingerprint density at radius 3 is 2.44 bits per heavy atom. The average molecular weight is 557 g/mol. The third-order valence-corrected chi connectivity index (χ3v) is 7.40. The topological polar surface area (TPSA) is 218 Å². The second-order valence-corrected chi connectivity index (χ2v) is 10.6. The largest absolute Gasteiger partial charge is 0.484 e. The number of hydrogen-bond donors (Lipinski definition) is 7. The van der Waals surface area contributed by atoms with Gasteiger partial charge in [0.2, 0.25) is 0 Å². The highest BCUT2D eigenvalue weighted by molar-refractivity contribution is 5.83. The van der Waals surface area contributed by atoms with Gasteiger partial charge in [0.1, 0.15) is 59.2 Å². The highest BCUT2D eigenvalue weighted by atomic mass is 16.7. The first-order chi connectivity index (χ1) is 18.4. The number of aliphatic hydroxyl groups is 7. The number of fused-ring (bicyclic) bond motifs is 3. The molecule has 0 aliphatic carbocycles. The summed E-state index contributed by atoms with van der Waals surface area (Å²) < 4.78 is 33.5. The zero-order valence-corrected chi connectivity index (χ0v) is 21.1. The van der Waals surface area contributed by atoms with E-state index in [1.54, 1.807) is 32.0 Å². The summed E-state index contributed by atoms with van der Waals surface area (Å²) in [5.74, 6) is 0.274. The molecule has 39 heavy (non-hydrogen) atoms. The van der Waals surface area contributed by atoms with E-state index in [-0.39, 0.29) is 16.9 Å². The summed E-state index contributed by atoms with van der Waals surface area (Å²) in [6.07, 6.45) is -13.1. The Bertz CT molecular complexity index is 1250. The number of aliphatic hydroxyl groups excluding tert-OH is 6. The van der Waals surface area contributed by atoms with Crippen molar-refractivity contribution in [3.05, 3.63) is 40.2 Å². The van der Waals surface area contributed by atoms with Crippen molar-refractivity contribution in [1.82, 2.24) is 0 Å². The zero-order chi connectivity index (χ0) is 28.3. The smallest absolute Gasteiger partial charge is 0.336 e. The van der Waals surface area contributed by atoms with Crippen LogP contribution in [-0.2, 0) is 18.9 Å². The fraction of sp³-hybridized carbons (Fsp3) is 0.640. The molecule has 2 saturated heterocycles.